The fourth-order valence-corrected chi connectivity index (χ4v) is 9.59. The SMILES string of the molecule is c1cc2c3c(c1)C1CC4CCCCC4CC1N3c1cccc3c1B2c1cccc2c4ccccc4n-3c12. The molecule has 4 aromatic carbocycles. The molecule has 0 saturated heterocycles. The smallest absolute Gasteiger partial charge is 0.252 e. The van der Waals surface area contributed by atoms with Gasteiger partial charge in [-0.2, -0.15) is 0 Å². The van der Waals surface area contributed by atoms with E-state index in [1.54, 1.807) is 16.7 Å². The number of fused-ring (bicyclic) bond motifs is 11. The fraction of sp³-hybridized carbons (Fsp3) is 0.294. The minimum absolute atomic E-state index is 0.306. The summed E-state index contributed by atoms with van der Waals surface area (Å²) in [5.74, 6) is 2.53. The van der Waals surface area contributed by atoms with Crippen LogP contribution in [0.5, 0.6) is 0 Å². The lowest BCUT2D eigenvalue weighted by atomic mass is 9.34. The first-order chi connectivity index (χ1) is 18.4. The zero-order valence-electron chi connectivity index (χ0n) is 21.0. The standard InChI is InChI=1S/C34H29BN2/c1-2-9-21-19-31-25(18-20(21)8-1)24-12-6-14-27-34(24)37(31)30-17-7-16-29-32(30)35(27)26-13-5-11-23-22-10-3-4-15-28(22)36(29)33(23)26/h3-7,10-17,20-21,25,31H,1-2,8-9,18-19H2. The van der Waals surface area contributed by atoms with Crippen LogP contribution in [0.3, 0.4) is 0 Å². The van der Waals surface area contributed by atoms with Crippen molar-refractivity contribution in [2.75, 3.05) is 4.90 Å². The van der Waals surface area contributed by atoms with Gasteiger partial charge in [0.05, 0.1) is 5.52 Å². The Bertz CT molecular complexity index is 1800. The zero-order chi connectivity index (χ0) is 23.8. The van der Waals surface area contributed by atoms with Crippen LogP contribution in [0.1, 0.15) is 50.0 Å². The van der Waals surface area contributed by atoms with E-state index in [4.69, 9.17) is 0 Å². The molecule has 37 heavy (non-hydrogen) atoms. The Morgan fingerprint density at radius 3 is 2.38 bits per heavy atom. The number of hydrogen-bond donors (Lipinski definition) is 0. The Balaban J connectivity index is 1.30. The maximum absolute atomic E-state index is 2.84. The summed E-state index contributed by atoms with van der Waals surface area (Å²) in [6.45, 7) is 0.306. The summed E-state index contributed by atoms with van der Waals surface area (Å²) in [6, 6.07) is 31.1. The summed E-state index contributed by atoms with van der Waals surface area (Å²) in [6.07, 6.45) is 8.54. The number of nitrogens with zero attached hydrogens (tertiary/aromatic N) is 2. The van der Waals surface area contributed by atoms with Gasteiger partial charge in [-0.3, -0.25) is 0 Å². The van der Waals surface area contributed by atoms with Crippen LogP contribution in [0.4, 0.5) is 11.4 Å². The van der Waals surface area contributed by atoms with E-state index < -0.39 is 0 Å². The number of para-hydroxylation sites is 3. The molecule has 5 aliphatic rings. The molecule has 3 heteroatoms. The minimum atomic E-state index is 0.306. The largest absolute Gasteiger partial charge is 0.338 e. The molecule has 0 N–H and O–H groups in total. The van der Waals surface area contributed by atoms with Crippen molar-refractivity contribution >= 4 is 56.3 Å². The van der Waals surface area contributed by atoms with Crippen LogP contribution < -0.4 is 21.3 Å². The van der Waals surface area contributed by atoms with Gasteiger partial charge in [-0.05, 0) is 64.8 Å². The van der Waals surface area contributed by atoms with Crippen LogP contribution in [-0.2, 0) is 0 Å². The molecule has 3 aliphatic heterocycles. The molecule has 2 aliphatic carbocycles. The summed E-state index contributed by atoms with van der Waals surface area (Å²) < 4.78 is 2.58. The molecule has 5 aromatic rings. The Hall–Kier alpha value is -3.46. The molecule has 0 radical (unpaired) electrons. The molecule has 0 spiro atoms. The van der Waals surface area contributed by atoms with Gasteiger partial charge in [-0.1, -0.05) is 86.3 Å². The molecule has 2 fully saturated rings. The Morgan fingerprint density at radius 2 is 1.43 bits per heavy atom. The van der Waals surface area contributed by atoms with E-state index in [0.717, 1.165) is 11.8 Å². The molecule has 178 valence electrons. The number of rotatable bonds is 0. The minimum Gasteiger partial charge on any atom is -0.338 e. The fourth-order valence-electron chi connectivity index (χ4n) is 9.59. The lowest BCUT2D eigenvalue weighted by Gasteiger charge is -2.46. The summed E-state index contributed by atoms with van der Waals surface area (Å²) in [4.78, 5) is 2.84. The molecule has 4 atom stereocenters. The van der Waals surface area contributed by atoms with Crippen LogP contribution in [0.25, 0.3) is 27.5 Å². The van der Waals surface area contributed by atoms with Crippen molar-refractivity contribution < 1.29 is 0 Å². The highest BCUT2D eigenvalue weighted by molar-refractivity contribution is 7.00. The van der Waals surface area contributed by atoms with E-state index in [1.165, 1.54) is 82.6 Å². The number of hydrogen-bond acceptors (Lipinski definition) is 1. The molecule has 2 nitrogen and oxygen atoms in total. The first kappa shape index (κ1) is 19.6. The third-order valence-electron chi connectivity index (χ3n) is 10.9. The quantitative estimate of drug-likeness (QED) is 0.240. The second kappa shape index (κ2) is 6.70. The monoisotopic (exact) mass is 476 g/mol. The van der Waals surface area contributed by atoms with Crippen molar-refractivity contribution in [3.05, 3.63) is 84.4 Å². The summed E-state index contributed by atoms with van der Waals surface area (Å²) in [5.41, 5.74) is 13.4. The van der Waals surface area contributed by atoms with Crippen LogP contribution in [0, 0.1) is 11.8 Å². The topological polar surface area (TPSA) is 8.17 Å². The van der Waals surface area contributed by atoms with Gasteiger partial charge in [0.1, 0.15) is 0 Å². The van der Waals surface area contributed by atoms with Gasteiger partial charge < -0.3 is 9.47 Å². The van der Waals surface area contributed by atoms with Crippen LogP contribution in [0.15, 0.2) is 78.9 Å². The average molecular weight is 476 g/mol. The maximum atomic E-state index is 2.84. The molecular formula is C34H29BN2. The van der Waals surface area contributed by atoms with Crippen molar-refractivity contribution in [1.82, 2.24) is 4.57 Å². The molecule has 4 unspecified atom stereocenters. The van der Waals surface area contributed by atoms with Crippen molar-refractivity contribution in [1.29, 1.82) is 0 Å². The zero-order valence-corrected chi connectivity index (χ0v) is 21.0. The predicted molar refractivity (Wildman–Crippen MR) is 155 cm³/mol. The van der Waals surface area contributed by atoms with E-state index in [-0.39, 0.29) is 0 Å². The van der Waals surface area contributed by atoms with Gasteiger partial charge in [-0.15, -0.1) is 0 Å². The van der Waals surface area contributed by atoms with Crippen molar-refractivity contribution in [2.24, 2.45) is 11.8 Å². The summed E-state index contributed by atoms with van der Waals surface area (Å²) in [7, 11) is 0. The van der Waals surface area contributed by atoms with Crippen LogP contribution in [0.2, 0.25) is 0 Å². The molecule has 0 amide bonds. The van der Waals surface area contributed by atoms with Gasteiger partial charge in [-0.25, -0.2) is 0 Å². The third kappa shape index (κ3) is 2.24. The van der Waals surface area contributed by atoms with Crippen molar-refractivity contribution in [3.8, 4) is 5.69 Å². The summed E-state index contributed by atoms with van der Waals surface area (Å²) >= 11 is 0. The Morgan fingerprint density at radius 1 is 0.676 bits per heavy atom. The first-order valence-electron chi connectivity index (χ1n) is 14.5. The maximum Gasteiger partial charge on any atom is 0.252 e. The number of anilines is 2. The average Bonchev–Trinajstić information content (AvgIpc) is 3.46. The van der Waals surface area contributed by atoms with Crippen molar-refractivity contribution in [2.45, 2.75) is 50.5 Å². The van der Waals surface area contributed by atoms with Crippen LogP contribution in [-0.4, -0.2) is 17.3 Å². The molecular weight excluding hydrogens is 447 g/mol. The lowest BCUT2D eigenvalue weighted by Crippen LogP contribution is -2.61. The van der Waals surface area contributed by atoms with E-state index in [1.807, 2.05) is 0 Å². The van der Waals surface area contributed by atoms with Gasteiger partial charge in [0.25, 0.3) is 6.71 Å². The molecule has 10 rings (SSSR count). The van der Waals surface area contributed by atoms with Gasteiger partial charge in [0.2, 0.25) is 0 Å². The van der Waals surface area contributed by atoms with Gasteiger partial charge >= 0.3 is 0 Å². The van der Waals surface area contributed by atoms with Crippen LogP contribution >= 0.6 is 0 Å². The summed E-state index contributed by atoms with van der Waals surface area (Å²) in [5, 5.41) is 2.75. The van der Waals surface area contributed by atoms with E-state index in [2.05, 4.69) is 88.3 Å². The first-order valence-corrected chi connectivity index (χ1v) is 14.5. The van der Waals surface area contributed by atoms with E-state index in [0.29, 0.717) is 18.7 Å². The molecule has 1 aromatic heterocycles. The second-order valence-corrected chi connectivity index (χ2v) is 12.3. The van der Waals surface area contributed by atoms with Gasteiger partial charge in [0.15, 0.2) is 0 Å². The van der Waals surface area contributed by atoms with Gasteiger partial charge in [0, 0.05) is 45.3 Å². The Labute approximate surface area is 218 Å². The van der Waals surface area contributed by atoms with Crippen molar-refractivity contribution in [3.63, 3.8) is 0 Å². The second-order valence-electron chi connectivity index (χ2n) is 12.3. The molecule has 2 saturated carbocycles. The number of aromatic nitrogens is 1. The normalized spacial score (nSPS) is 26.2. The Kier molecular flexibility index (Phi) is 3.55. The highest BCUT2D eigenvalue weighted by Crippen LogP contribution is 2.56. The number of benzene rings is 4. The molecule has 0 bridgehead atoms. The molecule has 4 heterocycles. The van der Waals surface area contributed by atoms with E-state index >= 15 is 0 Å². The van der Waals surface area contributed by atoms with E-state index in [9.17, 15) is 0 Å². The highest BCUT2D eigenvalue weighted by Gasteiger charge is 2.52. The predicted octanol–water partition coefficient (Wildman–Crippen LogP) is 6.13. The third-order valence-corrected chi connectivity index (χ3v) is 10.9. The highest BCUT2D eigenvalue weighted by atomic mass is 15.2. The lowest BCUT2D eigenvalue weighted by molar-refractivity contribution is 0.145.